The average molecular weight is 446 g/mol. The summed E-state index contributed by atoms with van der Waals surface area (Å²) in [5.41, 5.74) is -2.88. The summed E-state index contributed by atoms with van der Waals surface area (Å²) in [4.78, 5) is 4.13. The summed E-state index contributed by atoms with van der Waals surface area (Å²) in [6.07, 6.45) is -0.744. The van der Waals surface area contributed by atoms with Gasteiger partial charge in [-0.3, -0.25) is 4.98 Å². The molecule has 3 rings (SSSR count). The fraction of sp³-hybridized carbons (Fsp3) is 0.792. The van der Waals surface area contributed by atoms with Crippen LogP contribution in [0.2, 0.25) is 0 Å². The summed E-state index contributed by atoms with van der Waals surface area (Å²) in [7, 11) is 0. The minimum atomic E-state index is -4.79. The van der Waals surface area contributed by atoms with Crippen LogP contribution < -0.4 is 0 Å². The molecule has 0 radical (unpaired) electrons. The maximum atomic E-state index is 14.2. The van der Waals surface area contributed by atoms with Gasteiger partial charge in [0.1, 0.15) is 6.17 Å². The van der Waals surface area contributed by atoms with Crippen LogP contribution in [0.25, 0.3) is 0 Å². The molecule has 6 atom stereocenters. The highest BCUT2D eigenvalue weighted by Gasteiger charge is 2.58. The third-order valence-corrected chi connectivity index (χ3v) is 7.59. The Hall–Kier alpha value is -1.21. The van der Waals surface area contributed by atoms with E-state index in [1.165, 1.54) is 0 Å². The summed E-state index contributed by atoms with van der Waals surface area (Å²) in [6.45, 7) is 3.24. The molecule has 6 unspecified atom stereocenters. The van der Waals surface area contributed by atoms with Gasteiger partial charge in [-0.15, -0.1) is 0 Å². The van der Waals surface area contributed by atoms with Gasteiger partial charge in [-0.05, 0) is 79.7 Å². The molecule has 7 heteroatoms. The van der Waals surface area contributed by atoms with Gasteiger partial charge in [0, 0.05) is 12.4 Å². The number of aliphatic hydroxyl groups is 2. The number of rotatable bonds is 6. The van der Waals surface area contributed by atoms with Gasteiger partial charge in [0.2, 0.25) is 0 Å². The van der Waals surface area contributed by atoms with Crippen LogP contribution >= 0.6 is 0 Å². The van der Waals surface area contributed by atoms with Crippen molar-refractivity contribution >= 4 is 0 Å². The second kappa shape index (κ2) is 9.34. The van der Waals surface area contributed by atoms with Gasteiger partial charge in [-0.25, -0.2) is 4.39 Å². The van der Waals surface area contributed by atoms with Crippen LogP contribution in [-0.2, 0) is 0 Å². The summed E-state index contributed by atoms with van der Waals surface area (Å²) in [5, 5.41) is 21.3. The zero-order valence-electron chi connectivity index (χ0n) is 18.4. The summed E-state index contributed by atoms with van der Waals surface area (Å²) in [6, 6.07) is 3.79. The van der Waals surface area contributed by atoms with E-state index in [0.717, 1.165) is 18.4 Å². The van der Waals surface area contributed by atoms with Crippen LogP contribution in [0.3, 0.4) is 0 Å². The molecule has 2 aliphatic carbocycles. The topological polar surface area (TPSA) is 53.4 Å². The van der Waals surface area contributed by atoms with Crippen LogP contribution in [-0.4, -0.2) is 39.3 Å². The number of aromatic nitrogens is 1. The summed E-state index contributed by atoms with van der Waals surface area (Å²) >= 11 is 0. The average Bonchev–Trinajstić information content (AvgIpc) is 2.69. The highest BCUT2D eigenvalue weighted by atomic mass is 19.4. The molecule has 0 aromatic carbocycles. The van der Waals surface area contributed by atoms with Gasteiger partial charge < -0.3 is 10.2 Å². The molecule has 2 aliphatic rings. The normalized spacial score (nSPS) is 32.5. The molecule has 1 aromatic heterocycles. The molecule has 0 bridgehead atoms. The lowest BCUT2D eigenvalue weighted by Gasteiger charge is -2.46. The molecule has 0 amide bonds. The first-order valence-corrected chi connectivity index (χ1v) is 11.4. The molecule has 2 fully saturated rings. The minimum Gasteiger partial charge on any atom is -0.393 e. The zero-order chi connectivity index (χ0) is 22.9. The molecule has 0 saturated heterocycles. The number of hydrogen-bond donors (Lipinski definition) is 2. The van der Waals surface area contributed by atoms with Crippen molar-refractivity contribution in [3.63, 3.8) is 0 Å². The number of halogens is 4. The van der Waals surface area contributed by atoms with E-state index in [1.807, 2.05) is 12.1 Å². The van der Waals surface area contributed by atoms with Crippen molar-refractivity contribution in [3.8, 4) is 0 Å². The van der Waals surface area contributed by atoms with E-state index >= 15 is 0 Å². The van der Waals surface area contributed by atoms with Crippen molar-refractivity contribution in [1.82, 2.24) is 4.98 Å². The van der Waals surface area contributed by atoms with Crippen LogP contribution in [0, 0.1) is 17.3 Å². The lowest BCUT2D eigenvalue weighted by atomic mass is 9.63. The molecular weight excluding hydrogens is 410 g/mol. The van der Waals surface area contributed by atoms with Gasteiger partial charge in [0.05, 0.1) is 6.10 Å². The van der Waals surface area contributed by atoms with Crippen LogP contribution in [0.5, 0.6) is 0 Å². The van der Waals surface area contributed by atoms with Crippen molar-refractivity contribution < 1.29 is 27.8 Å². The molecule has 2 saturated carbocycles. The Bertz CT molecular complexity index is 711. The molecular formula is C24H35F4NO2. The first-order chi connectivity index (χ1) is 14.4. The van der Waals surface area contributed by atoms with Gasteiger partial charge in [-0.1, -0.05) is 32.8 Å². The fourth-order valence-electron chi connectivity index (χ4n) is 5.99. The first-order valence-electron chi connectivity index (χ1n) is 11.4. The molecule has 2 N–H and O–H groups in total. The SMILES string of the molecule is CC(C)(CC(O)(CC1CCCC(c2cccnc2)C1)C(F)(F)F)C1CC(F)CCC1O. The van der Waals surface area contributed by atoms with Crippen molar-refractivity contribution in [2.75, 3.05) is 0 Å². The highest BCUT2D eigenvalue weighted by Crippen LogP contribution is 2.51. The maximum Gasteiger partial charge on any atom is 0.417 e. The third-order valence-electron chi connectivity index (χ3n) is 7.59. The second-order valence-electron chi connectivity index (χ2n) is 10.5. The van der Waals surface area contributed by atoms with E-state index in [0.29, 0.717) is 12.8 Å². The molecule has 1 heterocycles. The van der Waals surface area contributed by atoms with Crippen molar-refractivity contribution in [3.05, 3.63) is 30.1 Å². The van der Waals surface area contributed by atoms with Gasteiger partial charge >= 0.3 is 6.18 Å². The molecule has 31 heavy (non-hydrogen) atoms. The predicted octanol–water partition coefficient (Wildman–Crippen LogP) is 5.95. The smallest absolute Gasteiger partial charge is 0.393 e. The Morgan fingerprint density at radius 3 is 2.48 bits per heavy atom. The van der Waals surface area contributed by atoms with E-state index in [9.17, 15) is 27.8 Å². The van der Waals surface area contributed by atoms with Crippen molar-refractivity contribution in [2.24, 2.45) is 17.3 Å². The standard InChI is InChI=1S/C24H35F4NO2/c1-22(2,20-12-19(25)8-9-21(20)30)15-23(31,24(26,27)28)13-16-5-3-6-17(11-16)18-7-4-10-29-14-18/h4,7,10,14,16-17,19-21,30-31H,3,5-6,8-9,11-13,15H2,1-2H3. The highest BCUT2D eigenvalue weighted by molar-refractivity contribution is 5.15. The minimum absolute atomic E-state index is 0.0363. The Labute approximate surface area is 182 Å². The van der Waals surface area contributed by atoms with Gasteiger partial charge in [0.15, 0.2) is 5.60 Å². The van der Waals surface area contributed by atoms with Gasteiger partial charge in [0.25, 0.3) is 0 Å². The number of pyridine rings is 1. The second-order valence-corrected chi connectivity index (χ2v) is 10.5. The Morgan fingerprint density at radius 1 is 1.10 bits per heavy atom. The quantitative estimate of drug-likeness (QED) is 0.532. The summed E-state index contributed by atoms with van der Waals surface area (Å²) < 4.78 is 56.4. The van der Waals surface area contributed by atoms with Crippen molar-refractivity contribution in [1.29, 1.82) is 0 Å². The number of hydrogen-bond acceptors (Lipinski definition) is 3. The third kappa shape index (κ3) is 5.78. The molecule has 0 aliphatic heterocycles. The Morgan fingerprint density at radius 2 is 1.84 bits per heavy atom. The lowest BCUT2D eigenvalue weighted by Crippen LogP contribution is -2.52. The molecule has 1 aromatic rings. The van der Waals surface area contributed by atoms with Crippen molar-refractivity contribution in [2.45, 2.75) is 102 Å². The number of aliphatic hydroxyl groups excluding tert-OH is 1. The van der Waals surface area contributed by atoms with E-state index in [1.54, 1.807) is 26.2 Å². The lowest BCUT2D eigenvalue weighted by molar-refractivity contribution is -0.280. The van der Waals surface area contributed by atoms with Gasteiger partial charge in [-0.2, -0.15) is 13.2 Å². The molecule has 3 nitrogen and oxygen atoms in total. The van der Waals surface area contributed by atoms with E-state index in [4.69, 9.17) is 0 Å². The number of nitrogens with zero attached hydrogens (tertiary/aromatic N) is 1. The van der Waals surface area contributed by atoms with Crippen LogP contribution in [0.4, 0.5) is 17.6 Å². The predicted molar refractivity (Wildman–Crippen MR) is 111 cm³/mol. The monoisotopic (exact) mass is 445 g/mol. The zero-order valence-corrected chi connectivity index (χ0v) is 18.4. The summed E-state index contributed by atoms with van der Waals surface area (Å²) in [5.74, 6) is -0.725. The van der Waals surface area contributed by atoms with E-state index in [2.05, 4.69) is 4.98 Å². The molecule has 176 valence electrons. The van der Waals surface area contributed by atoms with E-state index < -0.39 is 41.8 Å². The molecule has 0 spiro atoms. The van der Waals surface area contributed by atoms with Crippen LogP contribution in [0.1, 0.15) is 83.1 Å². The van der Waals surface area contributed by atoms with E-state index in [-0.39, 0.29) is 37.5 Å². The Balaban J connectivity index is 1.76. The van der Waals surface area contributed by atoms with Crippen LogP contribution in [0.15, 0.2) is 24.5 Å². The largest absolute Gasteiger partial charge is 0.417 e. The first kappa shape index (κ1) is 24.4. The Kier molecular flexibility index (Phi) is 7.36. The number of alkyl halides is 4. The fourth-order valence-corrected chi connectivity index (χ4v) is 5.99. The maximum absolute atomic E-state index is 14.2.